The van der Waals surface area contributed by atoms with Gasteiger partial charge in [-0.3, -0.25) is 4.79 Å². The van der Waals surface area contributed by atoms with E-state index < -0.39 is 11.9 Å². The van der Waals surface area contributed by atoms with Crippen LogP contribution in [0.4, 0.5) is 5.69 Å². The Morgan fingerprint density at radius 3 is 2.61 bits per heavy atom. The summed E-state index contributed by atoms with van der Waals surface area (Å²) in [7, 11) is 1.82. The first-order chi connectivity index (χ1) is 8.45. The molecule has 0 spiro atoms. The van der Waals surface area contributed by atoms with E-state index in [9.17, 15) is 9.59 Å². The summed E-state index contributed by atoms with van der Waals surface area (Å²) in [5, 5.41) is 8.99. The molecule has 0 heterocycles. The second kappa shape index (κ2) is 6.26. The van der Waals surface area contributed by atoms with Crippen molar-refractivity contribution in [1.29, 1.82) is 0 Å². The van der Waals surface area contributed by atoms with E-state index in [1.807, 2.05) is 11.9 Å². The van der Waals surface area contributed by atoms with Crippen LogP contribution in [0.3, 0.4) is 0 Å². The Labute approximate surface area is 110 Å². The van der Waals surface area contributed by atoms with Crippen molar-refractivity contribution < 1.29 is 19.4 Å². The van der Waals surface area contributed by atoms with Gasteiger partial charge in [-0.25, -0.2) is 4.79 Å². The van der Waals surface area contributed by atoms with Gasteiger partial charge in [-0.05, 0) is 12.1 Å². The third-order valence-corrected chi connectivity index (χ3v) is 2.48. The Bertz CT molecular complexity index is 461. The van der Waals surface area contributed by atoms with Gasteiger partial charge in [-0.15, -0.1) is 11.6 Å². The van der Waals surface area contributed by atoms with Gasteiger partial charge in [0.25, 0.3) is 0 Å². The lowest BCUT2D eigenvalue weighted by Gasteiger charge is -2.19. The highest BCUT2D eigenvalue weighted by atomic mass is 35.5. The number of ether oxygens (including phenoxy) is 1. The number of alkyl halides is 1. The minimum Gasteiger partial charge on any atom is -0.478 e. The summed E-state index contributed by atoms with van der Waals surface area (Å²) in [4.78, 5) is 23.8. The third kappa shape index (κ3) is 3.63. The number of hydrogen-bond acceptors (Lipinski definition) is 4. The van der Waals surface area contributed by atoms with E-state index in [4.69, 9.17) is 21.4 Å². The number of anilines is 1. The minimum atomic E-state index is -1.14. The first kappa shape index (κ1) is 14.3. The number of carbonyl (C=O) groups is 2. The summed E-state index contributed by atoms with van der Waals surface area (Å²) >= 11 is 5.63. The molecule has 1 aromatic rings. The molecule has 98 valence electrons. The first-order valence-corrected chi connectivity index (χ1v) is 5.82. The molecule has 0 amide bonds. The Morgan fingerprint density at radius 2 is 2.11 bits per heavy atom. The molecule has 0 radical (unpaired) electrons. The molecule has 18 heavy (non-hydrogen) atoms. The van der Waals surface area contributed by atoms with Crippen molar-refractivity contribution in [1.82, 2.24) is 0 Å². The highest BCUT2D eigenvalue weighted by molar-refractivity contribution is 6.18. The summed E-state index contributed by atoms with van der Waals surface area (Å²) in [6.07, 6.45) is 0. The van der Waals surface area contributed by atoms with Crippen molar-refractivity contribution in [3.8, 4) is 5.75 Å². The molecular formula is C12H14ClNO4. The van der Waals surface area contributed by atoms with Crippen molar-refractivity contribution in [2.45, 2.75) is 6.92 Å². The number of benzene rings is 1. The number of carbonyl (C=O) groups excluding carboxylic acids is 1. The largest absolute Gasteiger partial charge is 0.478 e. The molecule has 0 aromatic heterocycles. The fraction of sp³-hybridized carbons (Fsp3) is 0.333. The molecule has 6 heteroatoms. The van der Waals surface area contributed by atoms with Crippen molar-refractivity contribution >= 4 is 29.2 Å². The van der Waals surface area contributed by atoms with E-state index in [2.05, 4.69) is 0 Å². The third-order valence-electron chi connectivity index (χ3n) is 2.31. The molecule has 0 aliphatic carbocycles. The zero-order valence-corrected chi connectivity index (χ0v) is 10.9. The monoisotopic (exact) mass is 271 g/mol. The van der Waals surface area contributed by atoms with E-state index in [0.29, 0.717) is 12.4 Å². The molecule has 0 aliphatic rings. The van der Waals surface area contributed by atoms with E-state index >= 15 is 0 Å². The van der Waals surface area contributed by atoms with Crippen molar-refractivity contribution in [2.24, 2.45) is 0 Å². The average molecular weight is 272 g/mol. The first-order valence-electron chi connectivity index (χ1n) is 5.28. The van der Waals surface area contributed by atoms with Crippen molar-refractivity contribution in [3.05, 3.63) is 23.8 Å². The van der Waals surface area contributed by atoms with Crippen LogP contribution in [0.15, 0.2) is 18.2 Å². The number of aromatic carboxylic acids is 1. The highest BCUT2D eigenvalue weighted by Crippen LogP contribution is 2.25. The Morgan fingerprint density at radius 1 is 1.44 bits per heavy atom. The van der Waals surface area contributed by atoms with Gasteiger partial charge in [0.15, 0.2) is 0 Å². The Hall–Kier alpha value is -1.75. The number of carboxylic acids is 1. The topological polar surface area (TPSA) is 66.8 Å². The normalized spacial score (nSPS) is 9.94. The number of nitrogens with zero attached hydrogens (tertiary/aromatic N) is 1. The maximum Gasteiger partial charge on any atom is 0.339 e. The molecule has 1 rings (SSSR count). The van der Waals surface area contributed by atoms with Crippen LogP contribution in [0.1, 0.15) is 17.3 Å². The molecule has 0 fully saturated rings. The molecular weight excluding hydrogens is 258 g/mol. The minimum absolute atomic E-state index is 0.0360. The van der Waals surface area contributed by atoms with Crippen LogP contribution in [0, 0.1) is 0 Å². The molecule has 0 bridgehead atoms. The van der Waals surface area contributed by atoms with Crippen LogP contribution in [0.2, 0.25) is 0 Å². The van der Waals surface area contributed by atoms with Crippen LogP contribution in [-0.4, -0.2) is 36.5 Å². The summed E-state index contributed by atoms with van der Waals surface area (Å²) < 4.78 is 4.90. The highest BCUT2D eigenvalue weighted by Gasteiger charge is 2.14. The summed E-state index contributed by atoms with van der Waals surface area (Å²) in [5.41, 5.74) is 0.685. The van der Waals surface area contributed by atoms with Gasteiger partial charge < -0.3 is 14.7 Å². The molecule has 0 unspecified atom stereocenters. The second-order valence-corrected chi connectivity index (χ2v) is 4.07. The van der Waals surface area contributed by atoms with Crippen molar-refractivity contribution in [2.75, 3.05) is 24.4 Å². The molecule has 0 atom stereocenters. The number of halogens is 1. The van der Waals surface area contributed by atoms with Gasteiger partial charge in [0.05, 0.1) is 0 Å². The lowest BCUT2D eigenvalue weighted by Crippen LogP contribution is -2.20. The van der Waals surface area contributed by atoms with Gasteiger partial charge in [0, 0.05) is 38.1 Å². The average Bonchev–Trinajstić information content (AvgIpc) is 2.28. The Balaban J connectivity index is 3.12. The molecule has 0 saturated heterocycles. The zero-order valence-electron chi connectivity index (χ0n) is 10.1. The van der Waals surface area contributed by atoms with E-state index in [1.165, 1.54) is 19.1 Å². The van der Waals surface area contributed by atoms with Crippen LogP contribution < -0.4 is 9.64 Å². The number of esters is 1. The number of rotatable bonds is 5. The predicted molar refractivity (Wildman–Crippen MR) is 68.7 cm³/mol. The SMILES string of the molecule is CC(=O)Oc1cc(N(C)CCCl)ccc1C(=O)O. The number of carboxylic acid groups (broad SMARTS) is 1. The molecule has 1 N–H and O–H groups in total. The van der Waals surface area contributed by atoms with Gasteiger partial charge in [-0.2, -0.15) is 0 Å². The standard InChI is InChI=1S/C12H14ClNO4/c1-8(15)18-11-7-9(14(2)6-5-13)3-4-10(11)12(16)17/h3-4,7H,5-6H2,1-2H3,(H,16,17). The van der Waals surface area contributed by atoms with Gasteiger partial charge in [0.1, 0.15) is 11.3 Å². The van der Waals surface area contributed by atoms with E-state index in [-0.39, 0.29) is 11.3 Å². The van der Waals surface area contributed by atoms with Crippen LogP contribution in [0.5, 0.6) is 5.75 Å². The van der Waals surface area contributed by atoms with E-state index in [0.717, 1.165) is 5.69 Å². The van der Waals surface area contributed by atoms with Crippen molar-refractivity contribution in [3.63, 3.8) is 0 Å². The van der Waals surface area contributed by atoms with Gasteiger partial charge >= 0.3 is 11.9 Å². The lowest BCUT2D eigenvalue weighted by molar-refractivity contribution is -0.131. The summed E-state index contributed by atoms with van der Waals surface area (Å²) in [6.45, 7) is 1.83. The Kier molecular flexibility index (Phi) is 4.97. The molecule has 0 saturated carbocycles. The fourth-order valence-electron chi connectivity index (χ4n) is 1.42. The van der Waals surface area contributed by atoms with E-state index in [1.54, 1.807) is 6.07 Å². The van der Waals surface area contributed by atoms with Crippen LogP contribution >= 0.6 is 11.6 Å². The quantitative estimate of drug-likeness (QED) is 0.504. The molecule has 0 aliphatic heterocycles. The van der Waals surface area contributed by atoms with Gasteiger partial charge in [-0.1, -0.05) is 0 Å². The predicted octanol–water partition coefficient (Wildman–Crippen LogP) is 1.99. The number of hydrogen-bond donors (Lipinski definition) is 1. The molecule has 5 nitrogen and oxygen atoms in total. The smallest absolute Gasteiger partial charge is 0.339 e. The molecule has 1 aromatic carbocycles. The lowest BCUT2D eigenvalue weighted by atomic mass is 10.1. The zero-order chi connectivity index (χ0) is 13.7. The maximum atomic E-state index is 11.0. The fourth-order valence-corrected chi connectivity index (χ4v) is 1.67. The summed E-state index contributed by atoms with van der Waals surface area (Å²) in [5.74, 6) is -1.22. The maximum absolute atomic E-state index is 11.0. The van der Waals surface area contributed by atoms with Crippen LogP contribution in [0.25, 0.3) is 0 Å². The summed E-state index contributed by atoms with van der Waals surface area (Å²) in [6, 6.07) is 4.56. The second-order valence-electron chi connectivity index (χ2n) is 3.69. The van der Waals surface area contributed by atoms with Crippen LogP contribution in [-0.2, 0) is 4.79 Å². The van der Waals surface area contributed by atoms with Gasteiger partial charge in [0.2, 0.25) is 0 Å².